The van der Waals surface area contributed by atoms with Gasteiger partial charge >= 0.3 is 5.97 Å². The summed E-state index contributed by atoms with van der Waals surface area (Å²) in [7, 11) is 0. The van der Waals surface area contributed by atoms with E-state index in [1.807, 2.05) is 18.2 Å². The van der Waals surface area contributed by atoms with E-state index in [2.05, 4.69) is 0 Å². The number of allylic oxidation sites excluding steroid dienone is 3. The Bertz CT molecular complexity index is 344. The zero-order chi connectivity index (χ0) is 9.42. The van der Waals surface area contributed by atoms with Gasteiger partial charge in [0, 0.05) is 16.9 Å². The van der Waals surface area contributed by atoms with Crippen molar-refractivity contribution in [3.05, 3.63) is 34.9 Å². The maximum absolute atomic E-state index is 10.7. The number of carbonyl (C=O) groups is 1. The highest BCUT2D eigenvalue weighted by molar-refractivity contribution is 8.05. The molecule has 2 aliphatic rings. The molecule has 0 fully saturated rings. The first kappa shape index (κ1) is 8.44. The number of nitrogens with two attached hydrogens (primary N) is 1. The molecule has 2 atom stereocenters. The summed E-state index contributed by atoms with van der Waals surface area (Å²) < 4.78 is 0. The van der Waals surface area contributed by atoms with Crippen LogP contribution in [0.2, 0.25) is 0 Å². The van der Waals surface area contributed by atoms with Gasteiger partial charge in [-0.25, -0.2) is 4.79 Å². The number of hydrogen-bond acceptors (Lipinski definition) is 3. The van der Waals surface area contributed by atoms with E-state index < -0.39 is 5.97 Å². The molecule has 2 unspecified atom stereocenters. The Hall–Kier alpha value is -1.16. The lowest BCUT2D eigenvalue weighted by atomic mass is 9.99. The molecule has 0 amide bonds. The number of aliphatic carboxylic acids is 1. The molecule has 68 valence electrons. The zero-order valence-corrected chi connectivity index (χ0v) is 7.62. The van der Waals surface area contributed by atoms with Gasteiger partial charge in [0.1, 0.15) is 0 Å². The van der Waals surface area contributed by atoms with E-state index in [-0.39, 0.29) is 11.2 Å². The molecular weight excluding hydrogens is 186 g/mol. The van der Waals surface area contributed by atoms with Crippen LogP contribution < -0.4 is 5.73 Å². The Labute approximate surface area is 80.0 Å². The molecule has 3 N–H and O–H groups in total. The van der Waals surface area contributed by atoms with Crippen LogP contribution in [0.15, 0.2) is 34.9 Å². The maximum Gasteiger partial charge on any atom is 0.341 e. The summed E-state index contributed by atoms with van der Waals surface area (Å²) in [5.74, 6) is -0.694. The predicted molar refractivity (Wildman–Crippen MR) is 52.0 cm³/mol. The molecule has 0 aromatic carbocycles. The number of rotatable bonds is 1. The largest absolute Gasteiger partial charge is 0.477 e. The number of hydrogen-bond donors (Lipinski definition) is 2. The van der Waals surface area contributed by atoms with Crippen LogP contribution in [-0.4, -0.2) is 16.3 Å². The fourth-order valence-electron chi connectivity index (χ4n) is 1.45. The summed E-state index contributed by atoms with van der Waals surface area (Å²) in [6, 6.07) is 0. The van der Waals surface area contributed by atoms with E-state index in [4.69, 9.17) is 10.8 Å². The van der Waals surface area contributed by atoms with Gasteiger partial charge in [-0.05, 0) is 6.08 Å². The second kappa shape index (κ2) is 2.96. The van der Waals surface area contributed by atoms with Crippen LogP contribution >= 0.6 is 11.8 Å². The predicted octanol–water partition coefficient (Wildman–Crippen LogP) is 1.10. The monoisotopic (exact) mass is 195 g/mol. The van der Waals surface area contributed by atoms with Crippen molar-refractivity contribution >= 4 is 17.7 Å². The number of carboxylic acids is 1. The minimum atomic E-state index is -0.847. The lowest BCUT2D eigenvalue weighted by molar-refractivity contribution is -0.131. The second-order valence-corrected chi connectivity index (χ2v) is 4.24. The van der Waals surface area contributed by atoms with Gasteiger partial charge in [-0.1, -0.05) is 18.2 Å². The Kier molecular flexibility index (Phi) is 1.92. The van der Waals surface area contributed by atoms with Crippen LogP contribution in [0, 0.1) is 5.92 Å². The van der Waals surface area contributed by atoms with Crippen molar-refractivity contribution in [3.63, 3.8) is 0 Å². The van der Waals surface area contributed by atoms with E-state index in [0.717, 1.165) is 0 Å². The summed E-state index contributed by atoms with van der Waals surface area (Å²) in [5.41, 5.74) is 6.31. The van der Waals surface area contributed by atoms with Crippen LogP contribution in [0.25, 0.3) is 0 Å². The van der Waals surface area contributed by atoms with Gasteiger partial charge in [0.2, 0.25) is 0 Å². The summed E-state index contributed by atoms with van der Waals surface area (Å²) in [6.07, 6.45) is 7.44. The first-order chi connectivity index (χ1) is 6.16. The average Bonchev–Trinajstić information content (AvgIpc) is 2.46. The van der Waals surface area contributed by atoms with E-state index in [0.29, 0.717) is 10.6 Å². The Morgan fingerprint density at radius 2 is 2.31 bits per heavy atom. The summed E-state index contributed by atoms with van der Waals surface area (Å²) in [4.78, 5) is 11.1. The molecule has 2 rings (SSSR count). The standard InChI is InChI=1S/C9H9NO2S/c10-6-1-2-7-5(3-6)4-8(13-7)9(11)12/h1-5,7H,10H2,(H,11,12). The molecule has 0 radical (unpaired) electrons. The van der Waals surface area contributed by atoms with Crippen LogP contribution in [0.5, 0.6) is 0 Å². The molecule has 1 aliphatic heterocycles. The van der Waals surface area contributed by atoms with E-state index in [1.165, 1.54) is 11.8 Å². The number of carboxylic acid groups (broad SMARTS) is 1. The van der Waals surface area contributed by atoms with Crippen molar-refractivity contribution in [2.45, 2.75) is 5.25 Å². The average molecular weight is 195 g/mol. The van der Waals surface area contributed by atoms with Gasteiger partial charge in [0.15, 0.2) is 0 Å². The third kappa shape index (κ3) is 1.49. The molecule has 0 aromatic heterocycles. The van der Waals surface area contributed by atoms with Crippen molar-refractivity contribution < 1.29 is 9.90 Å². The lowest BCUT2D eigenvalue weighted by Gasteiger charge is -2.15. The minimum Gasteiger partial charge on any atom is -0.477 e. The van der Waals surface area contributed by atoms with E-state index in [1.54, 1.807) is 6.08 Å². The Balaban J connectivity index is 2.24. The van der Waals surface area contributed by atoms with Crippen LogP contribution in [0.3, 0.4) is 0 Å². The van der Waals surface area contributed by atoms with Crippen molar-refractivity contribution in [1.82, 2.24) is 0 Å². The molecular formula is C9H9NO2S. The fourth-order valence-corrected chi connectivity index (χ4v) is 2.55. The van der Waals surface area contributed by atoms with Crippen LogP contribution in [-0.2, 0) is 4.79 Å². The summed E-state index contributed by atoms with van der Waals surface area (Å²) in [6.45, 7) is 0. The third-order valence-corrected chi connectivity index (χ3v) is 3.37. The second-order valence-electron chi connectivity index (χ2n) is 3.02. The lowest BCUT2D eigenvalue weighted by Crippen LogP contribution is -2.12. The number of fused-ring (bicyclic) bond motifs is 1. The van der Waals surface area contributed by atoms with E-state index >= 15 is 0 Å². The molecule has 0 saturated heterocycles. The van der Waals surface area contributed by atoms with Gasteiger partial charge in [-0.15, -0.1) is 11.8 Å². The quantitative estimate of drug-likeness (QED) is 0.657. The first-order valence-electron chi connectivity index (χ1n) is 3.94. The first-order valence-corrected chi connectivity index (χ1v) is 4.82. The molecule has 13 heavy (non-hydrogen) atoms. The van der Waals surface area contributed by atoms with Gasteiger partial charge in [0.05, 0.1) is 4.91 Å². The maximum atomic E-state index is 10.7. The van der Waals surface area contributed by atoms with Gasteiger partial charge in [-0.2, -0.15) is 0 Å². The highest BCUT2D eigenvalue weighted by Gasteiger charge is 2.29. The SMILES string of the molecule is NC1=CC2C=C(C(=O)O)SC2C=C1. The van der Waals surface area contributed by atoms with Crippen LogP contribution in [0.1, 0.15) is 0 Å². The van der Waals surface area contributed by atoms with Gasteiger partial charge < -0.3 is 10.8 Å². The molecule has 0 bridgehead atoms. The Morgan fingerprint density at radius 1 is 1.54 bits per heavy atom. The van der Waals surface area contributed by atoms with Gasteiger partial charge in [0.25, 0.3) is 0 Å². The Morgan fingerprint density at radius 3 is 3.00 bits per heavy atom. The highest BCUT2D eigenvalue weighted by atomic mass is 32.2. The van der Waals surface area contributed by atoms with Crippen molar-refractivity contribution in [2.75, 3.05) is 0 Å². The molecule has 0 saturated carbocycles. The normalized spacial score (nSPS) is 30.8. The highest BCUT2D eigenvalue weighted by Crippen LogP contribution is 2.40. The summed E-state index contributed by atoms with van der Waals surface area (Å²) >= 11 is 1.38. The van der Waals surface area contributed by atoms with Gasteiger partial charge in [-0.3, -0.25) is 0 Å². The smallest absolute Gasteiger partial charge is 0.341 e. The van der Waals surface area contributed by atoms with Crippen molar-refractivity contribution in [2.24, 2.45) is 11.7 Å². The van der Waals surface area contributed by atoms with E-state index in [9.17, 15) is 4.79 Å². The topological polar surface area (TPSA) is 63.3 Å². The zero-order valence-electron chi connectivity index (χ0n) is 6.81. The summed E-state index contributed by atoms with van der Waals surface area (Å²) in [5, 5.41) is 8.98. The molecule has 0 aromatic rings. The molecule has 1 heterocycles. The van der Waals surface area contributed by atoms with Crippen molar-refractivity contribution in [3.8, 4) is 0 Å². The third-order valence-electron chi connectivity index (χ3n) is 2.06. The number of thioether (sulfide) groups is 1. The molecule has 4 heteroatoms. The van der Waals surface area contributed by atoms with Crippen molar-refractivity contribution in [1.29, 1.82) is 0 Å². The molecule has 0 spiro atoms. The fraction of sp³-hybridized carbons (Fsp3) is 0.222. The molecule has 1 aliphatic carbocycles. The minimum absolute atomic E-state index is 0.154. The molecule has 3 nitrogen and oxygen atoms in total. The van der Waals surface area contributed by atoms with Crippen LogP contribution in [0.4, 0.5) is 0 Å².